The summed E-state index contributed by atoms with van der Waals surface area (Å²) >= 11 is 0. The minimum absolute atomic E-state index is 0.133. The van der Waals surface area contributed by atoms with E-state index in [1.165, 1.54) is 0 Å². The predicted molar refractivity (Wildman–Crippen MR) is 77.3 cm³/mol. The number of nitrogens with one attached hydrogen (secondary N) is 1. The number of benzene rings is 1. The van der Waals surface area contributed by atoms with Crippen LogP contribution in [0.2, 0.25) is 0 Å². The lowest BCUT2D eigenvalue weighted by Gasteiger charge is -2.12. The first-order valence-corrected chi connectivity index (χ1v) is 6.50. The fourth-order valence-electron chi connectivity index (χ4n) is 1.93. The van der Waals surface area contributed by atoms with Gasteiger partial charge in [-0.05, 0) is 36.8 Å². The van der Waals surface area contributed by atoms with E-state index < -0.39 is 6.04 Å². The Kier molecular flexibility index (Phi) is 4.36. The second-order valence-electron chi connectivity index (χ2n) is 4.53. The molecule has 2 aromatic rings. The maximum atomic E-state index is 11.9. The molecule has 1 amide bonds. The SMILES string of the molecule is CCCC(N)C(=O)Nc1cccc(-n2cccc2)c1. The van der Waals surface area contributed by atoms with Crippen LogP contribution in [0.3, 0.4) is 0 Å². The molecule has 1 aromatic carbocycles. The molecule has 0 aliphatic heterocycles. The van der Waals surface area contributed by atoms with Gasteiger partial charge >= 0.3 is 0 Å². The topological polar surface area (TPSA) is 60.1 Å². The molecule has 0 bridgehead atoms. The van der Waals surface area contributed by atoms with E-state index in [2.05, 4.69) is 5.32 Å². The summed E-state index contributed by atoms with van der Waals surface area (Å²) in [5, 5.41) is 2.85. The van der Waals surface area contributed by atoms with Crippen LogP contribution in [0.1, 0.15) is 19.8 Å². The molecule has 4 heteroatoms. The third-order valence-corrected chi connectivity index (χ3v) is 2.95. The standard InChI is InChI=1S/C15H19N3O/c1-2-6-14(16)15(19)17-12-7-5-8-13(11-12)18-9-3-4-10-18/h3-5,7-11,14H,2,6,16H2,1H3,(H,17,19). The molecule has 19 heavy (non-hydrogen) atoms. The lowest BCUT2D eigenvalue weighted by Crippen LogP contribution is -2.35. The van der Waals surface area contributed by atoms with Gasteiger partial charge in [-0.25, -0.2) is 0 Å². The largest absolute Gasteiger partial charge is 0.325 e. The van der Waals surface area contributed by atoms with Crippen LogP contribution < -0.4 is 11.1 Å². The van der Waals surface area contributed by atoms with Gasteiger partial charge in [0.2, 0.25) is 5.91 Å². The van der Waals surface area contributed by atoms with Crippen molar-refractivity contribution in [2.75, 3.05) is 5.32 Å². The van der Waals surface area contributed by atoms with Crippen LogP contribution in [0.15, 0.2) is 48.8 Å². The van der Waals surface area contributed by atoms with Crippen molar-refractivity contribution in [3.05, 3.63) is 48.8 Å². The lowest BCUT2D eigenvalue weighted by molar-refractivity contribution is -0.117. The Morgan fingerprint density at radius 2 is 2.05 bits per heavy atom. The van der Waals surface area contributed by atoms with E-state index in [1.54, 1.807) is 0 Å². The second kappa shape index (κ2) is 6.20. The highest BCUT2D eigenvalue weighted by molar-refractivity contribution is 5.94. The quantitative estimate of drug-likeness (QED) is 0.864. The molecule has 1 aromatic heterocycles. The third kappa shape index (κ3) is 3.45. The summed E-state index contributed by atoms with van der Waals surface area (Å²) in [6, 6.07) is 11.2. The molecule has 0 spiro atoms. The Balaban J connectivity index is 2.09. The van der Waals surface area contributed by atoms with Gasteiger partial charge in [0, 0.05) is 23.8 Å². The molecule has 0 saturated heterocycles. The van der Waals surface area contributed by atoms with E-state index in [0.717, 1.165) is 17.8 Å². The van der Waals surface area contributed by atoms with Gasteiger partial charge in [0.15, 0.2) is 0 Å². The van der Waals surface area contributed by atoms with Crippen molar-refractivity contribution >= 4 is 11.6 Å². The van der Waals surface area contributed by atoms with Crippen molar-refractivity contribution in [2.45, 2.75) is 25.8 Å². The molecule has 4 nitrogen and oxygen atoms in total. The Morgan fingerprint density at radius 1 is 1.32 bits per heavy atom. The Hall–Kier alpha value is -2.07. The number of hydrogen-bond acceptors (Lipinski definition) is 2. The predicted octanol–water partition coefficient (Wildman–Crippen LogP) is 2.54. The molecule has 3 N–H and O–H groups in total. The number of nitrogens with two attached hydrogens (primary N) is 1. The van der Waals surface area contributed by atoms with Crippen LogP contribution >= 0.6 is 0 Å². The first-order valence-electron chi connectivity index (χ1n) is 6.50. The van der Waals surface area contributed by atoms with Gasteiger partial charge in [0.1, 0.15) is 0 Å². The zero-order valence-corrected chi connectivity index (χ0v) is 11.0. The molecule has 0 aliphatic carbocycles. The average Bonchev–Trinajstić information content (AvgIpc) is 2.93. The molecular weight excluding hydrogens is 238 g/mol. The summed E-state index contributed by atoms with van der Waals surface area (Å²) < 4.78 is 1.99. The summed E-state index contributed by atoms with van der Waals surface area (Å²) in [6.45, 7) is 2.01. The number of amides is 1. The second-order valence-corrected chi connectivity index (χ2v) is 4.53. The molecule has 1 heterocycles. The number of nitrogens with zero attached hydrogens (tertiary/aromatic N) is 1. The van der Waals surface area contributed by atoms with E-state index >= 15 is 0 Å². The zero-order valence-electron chi connectivity index (χ0n) is 11.0. The molecule has 0 radical (unpaired) electrons. The van der Waals surface area contributed by atoms with Crippen molar-refractivity contribution in [3.63, 3.8) is 0 Å². The van der Waals surface area contributed by atoms with Crippen molar-refractivity contribution < 1.29 is 4.79 Å². The van der Waals surface area contributed by atoms with Gasteiger partial charge in [-0.1, -0.05) is 19.4 Å². The maximum Gasteiger partial charge on any atom is 0.241 e. The Morgan fingerprint density at radius 3 is 2.74 bits per heavy atom. The zero-order chi connectivity index (χ0) is 13.7. The van der Waals surface area contributed by atoms with Crippen LogP contribution in [-0.2, 0) is 4.79 Å². The number of hydrogen-bond donors (Lipinski definition) is 2. The van der Waals surface area contributed by atoms with Crippen LogP contribution in [0.4, 0.5) is 5.69 Å². The number of anilines is 1. The maximum absolute atomic E-state index is 11.9. The molecule has 2 rings (SSSR count). The van der Waals surface area contributed by atoms with Crippen molar-refractivity contribution in [2.24, 2.45) is 5.73 Å². The molecule has 0 saturated carbocycles. The van der Waals surface area contributed by atoms with Crippen molar-refractivity contribution in [1.82, 2.24) is 4.57 Å². The van der Waals surface area contributed by atoms with Gasteiger partial charge in [-0.2, -0.15) is 0 Å². The van der Waals surface area contributed by atoms with Crippen molar-refractivity contribution in [1.29, 1.82) is 0 Å². The summed E-state index contributed by atoms with van der Waals surface area (Å²) in [7, 11) is 0. The summed E-state index contributed by atoms with van der Waals surface area (Å²) in [5.41, 5.74) is 7.56. The van der Waals surface area contributed by atoms with Crippen molar-refractivity contribution in [3.8, 4) is 5.69 Å². The molecule has 0 aliphatic rings. The van der Waals surface area contributed by atoms with Crippen LogP contribution in [0, 0.1) is 0 Å². The highest BCUT2D eigenvalue weighted by Crippen LogP contribution is 2.15. The number of carbonyl (C=O) groups is 1. The number of carbonyl (C=O) groups excluding carboxylic acids is 1. The van der Waals surface area contributed by atoms with Gasteiger partial charge in [-0.3, -0.25) is 4.79 Å². The van der Waals surface area contributed by atoms with E-state index in [-0.39, 0.29) is 5.91 Å². The van der Waals surface area contributed by atoms with Gasteiger partial charge < -0.3 is 15.6 Å². The Bertz CT molecular complexity index is 534. The molecule has 100 valence electrons. The fourth-order valence-corrected chi connectivity index (χ4v) is 1.93. The number of aromatic nitrogens is 1. The summed E-state index contributed by atoms with van der Waals surface area (Å²) in [5.74, 6) is -0.133. The van der Waals surface area contributed by atoms with E-state index in [1.807, 2.05) is 60.3 Å². The average molecular weight is 257 g/mol. The van der Waals surface area contributed by atoms with Gasteiger partial charge in [0.05, 0.1) is 6.04 Å². The van der Waals surface area contributed by atoms with Crippen LogP contribution in [-0.4, -0.2) is 16.5 Å². The highest BCUT2D eigenvalue weighted by atomic mass is 16.2. The first kappa shape index (κ1) is 13.4. The minimum Gasteiger partial charge on any atom is -0.325 e. The van der Waals surface area contributed by atoms with Crippen LogP contribution in [0.25, 0.3) is 5.69 Å². The van der Waals surface area contributed by atoms with E-state index in [4.69, 9.17) is 5.73 Å². The first-order chi connectivity index (χ1) is 9.20. The molecule has 0 fully saturated rings. The fraction of sp³-hybridized carbons (Fsp3) is 0.267. The molecular formula is C15H19N3O. The molecule has 1 unspecified atom stereocenters. The highest BCUT2D eigenvalue weighted by Gasteiger charge is 2.12. The minimum atomic E-state index is -0.444. The van der Waals surface area contributed by atoms with E-state index in [0.29, 0.717) is 6.42 Å². The van der Waals surface area contributed by atoms with Gasteiger partial charge in [-0.15, -0.1) is 0 Å². The van der Waals surface area contributed by atoms with E-state index in [9.17, 15) is 4.79 Å². The normalized spacial score (nSPS) is 12.1. The third-order valence-electron chi connectivity index (χ3n) is 2.95. The number of rotatable bonds is 5. The summed E-state index contributed by atoms with van der Waals surface area (Å²) in [4.78, 5) is 11.9. The Labute approximate surface area is 113 Å². The summed E-state index contributed by atoms with van der Waals surface area (Å²) in [6.07, 6.45) is 5.52. The monoisotopic (exact) mass is 257 g/mol. The van der Waals surface area contributed by atoms with Gasteiger partial charge in [0.25, 0.3) is 0 Å². The van der Waals surface area contributed by atoms with Crippen LogP contribution in [0.5, 0.6) is 0 Å². The lowest BCUT2D eigenvalue weighted by atomic mass is 10.1. The smallest absolute Gasteiger partial charge is 0.241 e. The molecule has 1 atom stereocenters.